The van der Waals surface area contributed by atoms with Crippen LogP contribution in [0.15, 0.2) is 47.5 Å². The Labute approximate surface area is 167 Å². The normalized spacial score (nSPS) is 16.8. The Morgan fingerprint density at radius 1 is 1.14 bits per heavy atom. The van der Waals surface area contributed by atoms with E-state index in [0.717, 1.165) is 42.7 Å². The molecule has 0 spiro atoms. The molecule has 1 heterocycles. The van der Waals surface area contributed by atoms with Gasteiger partial charge in [-0.3, -0.25) is 10.1 Å². The molecule has 1 aliphatic heterocycles. The van der Waals surface area contributed by atoms with Gasteiger partial charge in [0.05, 0.1) is 12.6 Å². The van der Waals surface area contributed by atoms with Crippen molar-refractivity contribution >= 4 is 17.6 Å². The largest absolute Gasteiger partial charge is 0.376 e. The fourth-order valence-corrected chi connectivity index (χ4v) is 3.35. The van der Waals surface area contributed by atoms with Crippen LogP contribution < -0.4 is 10.6 Å². The van der Waals surface area contributed by atoms with E-state index in [1.54, 1.807) is 0 Å². The average Bonchev–Trinajstić information content (AvgIpc) is 3.19. The third-order valence-corrected chi connectivity index (χ3v) is 4.82. The summed E-state index contributed by atoms with van der Waals surface area (Å²) in [6.07, 6.45) is 3.14. The molecule has 2 aromatic carbocycles. The zero-order valence-electron chi connectivity index (χ0n) is 16.9. The van der Waals surface area contributed by atoms with Gasteiger partial charge in [-0.15, -0.1) is 0 Å². The minimum absolute atomic E-state index is 0.122. The first-order valence-corrected chi connectivity index (χ1v) is 9.95. The number of amides is 1. The first kappa shape index (κ1) is 20.1. The second-order valence-electron chi connectivity index (χ2n) is 7.33. The van der Waals surface area contributed by atoms with E-state index in [0.29, 0.717) is 18.1 Å². The van der Waals surface area contributed by atoms with Gasteiger partial charge in [0.1, 0.15) is 0 Å². The lowest BCUT2D eigenvalue weighted by atomic mass is 10.1. The van der Waals surface area contributed by atoms with E-state index in [4.69, 9.17) is 4.74 Å². The van der Waals surface area contributed by atoms with Crippen molar-refractivity contribution in [2.24, 2.45) is 4.99 Å². The van der Waals surface area contributed by atoms with Crippen LogP contribution in [0, 0.1) is 13.8 Å². The molecule has 3 rings (SSSR count). The molecule has 1 saturated heterocycles. The minimum atomic E-state index is -0.175. The highest BCUT2D eigenvalue weighted by molar-refractivity contribution is 6.10. The van der Waals surface area contributed by atoms with Crippen LogP contribution in [-0.2, 0) is 11.2 Å². The number of rotatable bonds is 5. The van der Waals surface area contributed by atoms with E-state index in [1.807, 2.05) is 36.4 Å². The summed E-state index contributed by atoms with van der Waals surface area (Å²) in [7, 11) is 0. The number of aliphatic imine (C=N–C) groups is 1. The summed E-state index contributed by atoms with van der Waals surface area (Å²) in [6, 6.07) is 13.9. The fraction of sp³-hybridized carbons (Fsp3) is 0.391. The van der Waals surface area contributed by atoms with Crippen molar-refractivity contribution in [3.63, 3.8) is 0 Å². The molecule has 1 fully saturated rings. The summed E-state index contributed by atoms with van der Waals surface area (Å²) in [5.41, 5.74) is 5.04. The molecule has 1 amide bonds. The Bertz CT molecular complexity index is 817. The molecule has 148 valence electrons. The number of nitrogens with one attached hydrogen (secondary N) is 2. The number of ether oxygens (including phenoxy) is 1. The van der Waals surface area contributed by atoms with E-state index in [1.165, 1.54) is 5.56 Å². The minimum Gasteiger partial charge on any atom is -0.376 e. The Morgan fingerprint density at radius 3 is 2.46 bits per heavy atom. The highest BCUT2D eigenvalue weighted by atomic mass is 16.5. The summed E-state index contributed by atoms with van der Waals surface area (Å²) in [5.74, 6) is 0.274. The lowest BCUT2D eigenvalue weighted by Crippen LogP contribution is -2.36. The molecule has 0 aromatic heterocycles. The maximum Gasteiger partial charge on any atom is 0.257 e. The molecule has 2 N–H and O–H groups in total. The maximum atomic E-state index is 12.7. The van der Waals surface area contributed by atoms with Gasteiger partial charge in [0.15, 0.2) is 0 Å². The molecule has 2 aromatic rings. The van der Waals surface area contributed by atoms with Crippen molar-refractivity contribution in [1.29, 1.82) is 0 Å². The maximum absolute atomic E-state index is 12.7. The molecule has 5 heteroatoms. The Morgan fingerprint density at radius 2 is 1.86 bits per heavy atom. The second-order valence-corrected chi connectivity index (χ2v) is 7.33. The predicted octanol–water partition coefficient (Wildman–Crippen LogP) is 4.24. The van der Waals surface area contributed by atoms with Gasteiger partial charge in [-0.2, -0.15) is 0 Å². The molecule has 1 unspecified atom stereocenters. The van der Waals surface area contributed by atoms with Crippen molar-refractivity contribution in [3.8, 4) is 0 Å². The number of aryl methyl sites for hydroxylation is 3. The van der Waals surface area contributed by atoms with E-state index in [2.05, 4.69) is 42.5 Å². The number of carbonyl (C=O) groups is 1. The summed E-state index contributed by atoms with van der Waals surface area (Å²) in [5, 5.41) is 6.20. The van der Waals surface area contributed by atoms with Crippen LogP contribution in [0.3, 0.4) is 0 Å². The molecule has 1 aliphatic rings. The van der Waals surface area contributed by atoms with Crippen LogP contribution in [-0.4, -0.2) is 31.1 Å². The SMILES string of the molecule is CCc1ccc(C(=O)NC(=NCC2CCCO2)Nc2cc(C)cc(C)c2)cc1. The van der Waals surface area contributed by atoms with E-state index >= 15 is 0 Å². The van der Waals surface area contributed by atoms with E-state index < -0.39 is 0 Å². The topological polar surface area (TPSA) is 62.7 Å². The summed E-state index contributed by atoms with van der Waals surface area (Å²) in [4.78, 5) is 17.3. The quantitative estimate of drug-likeness (QED) is 0.603. The first-order chi connectivity index (χ1) is 13.5. The van der Waals surface area contributed by atoms with Crippen molar-refractivity contribution in [1.82, 2.24) is 5.32 Å². The molecule has 0 saturated carbocycles. The van der Waals surface area contributed by atoms with Crippen LogP contribution in [0.2, 0.25) is 0 Å². The zero-order valence-corrected chi connectivity index (χ0v) is 16.9. The molecule has 28 heavy (non-hydrogen) atoms. The van der Waals surface area contributed by atoms with Crippen molar-refractivity contribution < 1.29 is 9.53 Å². The Kier molecular flexibility index (Phi) is 6.82. The van der Waals surface area contributed by atoms with Gasteiger partial charge in [-0.1, -0.05) is 25.1 Å². The zero-order chi connectivity index (χ0) is 19.9. The first-order valence-electron chi connectivity index (χ1n) is 9.95. The summed E-state index contributed by atoms with van der Waals surface area (Å²) < 4.78 is 5.66. The number of carbonyl (C=O) groups excluding carboxylic acids is 1. The molecule has 0 radical (unpaired) electrons. The molecule has 1 atom stereocenters. The third kappa shape index (κ3) is 5.67. The van der Waals surface area contributed by atoms with Gasteiger partial charge < -0.3 is 10.1 Å². The van der Waals surface area contributed by atoms with Crippen LogP contribution in [0.4, 0.5) is 5.69 Å². The van der Waals surface area contributed by atoms with Gasteiger partial charge in [0.2, 0.25) is 5.96 Å². The van der Waals surface area contributed by atoms with E-state index in [9.17, 15) is 4.79 Å². The lowest BCUT2D eigenvalue weighted by Gasteiger charge is -2.14. The Balaban J connectivity index is 1.75. The molecule has 0 bridgehead atoms. The summed E-state index contributed by atoms with van der Waals surface area (Å²) in [6.45, 7) is 7.52. The second kappa shape index (κ2) is 9.51. The summed E-state index contributed by atoms with van der Waals surface area (Å²) >= 11 is 0. The van der Waals surface area contributed by atoms with Crippen molar-refractivity contribution in [3.05, 3.63) is 64.7 Å². The van der Waals surface area contributed by atoms with Crippen LogP contribution in [0.5, 0.6) is 0 Å². The van der Waals surface area contributed by atoms with Crippen LogP contribution in [0.1, 0.15) is 46.8 Å². The highest BCUT2D eigenvalue weighted by Crippen LogP contribution is 2.15. The standard InChI is InChI=1S/C23H29N3O2/c1-4-18-7-9-19(10-8-18)22(27)26-23(24-15-21-6-5-11-28-21)25-20-13-16(2)12-17(3)14-20/h7-10,12-14,21H,4-6,11,15H2,1-3H3,(H2,24,25,26,27). The third-order valence-electron chi connectivity index (χ3n) is 4.82. The Hall–Kier alpha value is -2.66. The molecular formula is C23H29N3O2. The molecule has 5 nitrogen and oxygen atoms in total. The van der Waals surface area contributed by atoms with Crippen molar-refractivity contribution in [2.45, 2.75) is 46.1 Å². The van der Waals surface area contributed by atoms with Crippen LogP contribution in [0.25, 0.3) is 0 Å². The molecular weight excluding hydrogens is 350 g/mol. The van der Waals surface area contributed by atoms with Gasteiger partial charge in [0, 0.05) is 17.9 Å². The van der Waals surface area contributed by atoms with Crippen molar-refractivity contribution in [2.75, 3.05) is 18.5 Å². The number of anilines is 1. The monoisotopic (exact) mass is 379 g/mol. The van der Waals surface area contributed by atoms with Gasteiger partial charge >= 0.3 is 0 Å². The molecule has 0 aliphatic carbocycles. The number of hydrogen-bond donors (Lipinski definition) is 2. The number of nitrogens with zero attached hydrogens (tertiary/aromatic N) is 1. The average molecular weight is 380 g/mol. The predicted molar refractivity (Wildman–Crippen MR) is 114 cm³/mol. The van der Waals surface area contributed by atoms with E-state index in [-0.39, 0.29) is 12.0 Å². The lowest BCUT2D eigenvalue weighted by molar-refractivity contribution is 0.0975. The number of hydrogen-bond acceptors (Lipinski definition) is 3. The number of guanidine groups is 1. The fourth-order valence-electron chi connectivity index (χ4n) is 3.35. The number of benzene rings is 2. The van der Waals surface area contributed by atoms with Gasteiger partial charge in [-0.05, 0) is 74.1 Å². The van der Waals surface area contributed by atoms with Crippen LogP contribution >= 0.6 is 0 Å². The smallest absolute Gasteiger partial charge is 0.257 e. The van der Waals surface area contributed by atoms with Gasteiger partial charge in [0.25, 0.3) is 5.91 Å². The van der Waals surface area contributed by atoms with Gasteiger partial charge in [-0.25, -0.2) is 4.99 Å². The highest BCUT2D eigenvalue weighted by Gasteiger charge is 2.16.